The molecule has 2 bridgehead atoms. The van der Waals surface area contributed by atoms with Gasteiger partial charge in [-0.2, -0.15) is 0 Å². The minimum atomic E-state index is -0.965. The quantitative estimate of drug-likeness (QED) is 0.860. The number of benzene rings is 1. The molecule has 2 aliphatic heterocycles. The van der Waals surface area contributed by atoms with Crippen LogP contribution in [-0.2, 0) is 11.2 Å². The minimum absolute atomic E-state index is 0.0483. The van der Waals surface area contributed by atoms with Gasteiger partial charge in [-0.25, -0.2) is 9.18 Å². The van der Waals surface area contributed by atoms with Gasteiger partial charge in [0.05, 0.1) is 12.7 Å². The molecule has 5 nitrogen and oxygen atoms in total. The summed E-state index contributed by atoms with van der Waals surface area (Å²) in [5.41, 5.74) is -0.803. The fraction of sp³-hybridized carbons (Fsp3) is 0.667. The normalized spacial score (nSPS) is 28.0. The maximum atomic E-state index is 13.8. The van der Waals surface area contributed by atoms with Crippen molar-refractivity contribution < 1.29 is 23.8 Å². The molecule has 27 heavy (non-hydrogen) atoms. The van der Waals surface area contributed by atoms with Gasteiger partial charge in [0.2, 0.25) is 0 Å². The molecule has 2 aliphatic rings. The summed E-state index contributed by atoms with van der Waals surface area (Å²) >= 11 is 0. The van der Waals surface area contributed by atoms with Crippen LogP contribution in [0.25, 0.3) is 0 Å². The Bertz CT molecular complexity index is 686. The van der Waals surface area contributed by atoms with Crippen molar-refractivity contribution in [2.24, 2.45) is 0 Å². The van der Waals surface area contributed by atoms with Gasteiger partial charge in [-0.3, -0.25) is 0 Å². The predicted molar refractivity (Wildman–Crippen MR) is 100 cm³/mol. The van der Waals surface area contributed by atoms with E-state index in [4.69, 9.17) is 9.47 Å². The Kier molecular flexibility index (Phi) is 5.39. The summed E-state index contributed by atoms with van der Waals surface area (Å²) in [4.78, 5) is 14.5. The third kappa shape index (κ3) is 4.72. The van der Waals surface area contributed by atoms with Crippen molar-refractivity contribution in [3.8, 4) is 5.75 Å². The van der Waals surface area contributed by atoms with Crippen LogP contribution in [0.1, 0.15) is 58.4 Å². The fourth-order valence-electron chi connectivity index (χ4n) is 4.50. The Hall–Kier alpha value is -1.82. The van der Waals surface area contributed by atoms with Crippen molar-refractivity contribution in [1.29, 1.82) is 0 Å². The number of hydrogen-bond acceptors (Lipinski definition) is 4. The van der Waals surface area contributed by atoms with E-state index in [1.807, 2.05) is 25.7 Å². The van der Waals surface area contributed by atoms with Crippen molar-refractivity contribution in [2.45, 2.75) is 82.6 Å². The maximum Gasteiger partial charge on any atom is 0.410 e. The molecule has 1 aromatic rings. The minimum Gasteiger partial charge on any atom is -0.497 e. The molecule has 2 atom stereocenters. The van der Waals surface area contributed by atoms with Gasteiger partial charge in [0.15, 0.2) is 0 Å². The van der Waals surface area contributed by atoms with Crippen LogP contribution < -0.4 is 4.74 Å². The molecule has 150 valence electrons. The molecule has 0 saturated carbocycles. The van der Waals surface area contributed by atoms with Crippen molar-refractivity contribution in [2.75, 3.05) is 7.11 Å². The second-order valence-electron chi connectivity index (χ2n) is 8.93. The molecule has 1 aromatic carbocycles. The summed E-state index contributed by atoms with van der Waals surface area (Å²) in [6.07, 6.45) is 3.74. The SMILES string of the molecule is COc1cc(F)cc(CC2(O)CC3CCCC(C2)N3C(=O)OC(C)(C)C)c1. The van der Waals surface area contributed by atoms with E-state index in [1.54, 1.807) is 6.07 Å². The highest BCUT2D eigenvalue weighted by atomic mass is 19.1. The van der Waals surface area contributed by atoms with E-state index >= 15 is 0 Å². The lowest BCUT2D eigenvalue weighted by molar-refractivity contribution is -0.0919. The van der Waals surface area contributed by atoms with E-state index in [0.717, 1.165) is 19.3 Å². The number of halogens is 1. The van der Waals surface area contributed by atoms with E-state index in [-0.39, 0.29) is 24.0 Å². The van der Waals surface area contributed by atoms with Crippen LogP contribution in [0.3, 0.4) is 0 Å². The largest absolute Gasteiger partial charge is 0.497 e. The molecule has 0 aliphatic carbocycles. The summed E-state index contributed by atoms with van der Waals surface area (Å²) < 4.78 is 24.5. The number of carbonyl (C=O) groups excluding carboxylic acids is 1. The molecule has 0 spiro atoms. The van der Waals surface area contributed by atoms with Crippen LogP contribution in [0.15, 0.2) is 18.2 Å². The molecular weight excluding hydrogens is 349 g/mol. The van der Waals surface area contributed by atoms with Gasteiger partial charge in [0.1, 0.15) is 17.2 Å². The van der Waals surface area contributed by atoms with Crippen molar-refractivity contribution in [3.05, 3.63) is 29.6 Å². The third-order valence-electron chi connectivity index (χ3n) is 5.40. The van der Waals surface area contributed by atoms with E-state index in [1.165, 1.54) is 19.2 Å². The monoisotopic (exact) mass is 379 g/mol. The number of hydrogen-bond donors (Lipinski definition) is 1. The molecule has 3 rings (SSSR count). The average Bonchev–Trinajstić information content (AvgIpc) is 2.51. The number of rotatable bonds is 3. The number of fused-ring (bicyclic) bond motifs is 2. The predicted octanol–water partition coefficient (Wildman–Crippen LogP) is 4.06. The molecule has 2 saturated heterocycles. The topological polar surface area (TPSA) is 59.0 Å². The van der Waals surface area contributed by atoms with Gasteiger partial charge in [-0.05, 0) is 70.6 Å². The first kappa shape index (κ1) is 19.9. The molecule has 0 aromatic heterocycles. The van der Waals surface area contributed by atoms with Gasteiger partial charge < -0.3 is 19.5 Å². The zero-order chi connectivity index (χ0) is 19.8. The number of methoxy groups -OCH3 is 1. The molecule has 0 radical (unpaired) electrons. The van der Waals surface area contributed by atoms with Crippen molar-refractivity contribution in [1.82, 2.24) is 4.90 Å². The second kappa shape index (κ2) is 7.30. The summed E-state index contributed by atoms with van der Waals surface area (Å²) in [5, 5.41) is 11.3. The lowest BCUT2D eigenvalue weighted by atomic mass is 9.73. The number of aliphatic hydroxyl groups is 1. The number of amides is 1. The van der Waals surface area contributed by atoms with Crippen LogP contribution in [0.2, 0.25) is 0 Å². The molecule has 1 amide bonds. The Labute approximate surface area is 160 Å². The third-order valence-corrected chi connectivity index (χ3v) is 5.40. The Morgan fingerprint density at radius 1 is 1.26 bits per heavy atom. The van der Waals surface area contributed by atoms with Crippen LogP contribution in [0.4, 0.5) is 9.18 Å². The molecule has 2 fully saturated rings. The summed E-state index contributed by atoms with van der Waals surface area (Å²) in [6.45, 7) is 5.58. The molecular formula is C21H30FNO4. The molecule has 2 unspecified atom stereocenters. The molecule has 1 N–H and O–H groups in total. The standard InChI is InChI=1S/C21H30FNO4/c1-20(2,3)27-19(24)23-16-6-5-7-17(23)13-21(25,12-16)11-14-8-15(22)10-18(9-14)26-4/h8-10,16-17,25H,5-7,11-13H2,1-4H3. The molecule has 2 heterocycles. The fourth-order valence-corrected chi connectivity index (χ4v) is 4.50. The number of carbonyl (C=O) groups is 1. The van der Waals surface area contributed by atoms with Gasteiger partial charge in [0, 0.05) is 24.6 Å². The first-order chi connectivity index (χ1) is 12.6. The van der Waals surface area contributed by atoms with E-state index < -0.39 is 11.2 Å². The zero-order valence-electron chi connectivity index (χ0n) is 16.6. The van der Waals surface area contributed by atoms with Crippen LogP contribution >= 0.6 is 0 Å². The summed E-state index contributed by atoms with van der Waals surface area (Å²) in [6, 6.07) is 4.43. The van der Waals surface area contributed by atoms with Gasteiger partial charge in [-0.1, -0.05) is 0 Å². The Balaban J connectivity index is 1.77. The van der Waals surface area contributed by atoms with E-state index in [9.17, 15) is 14.3 Å². The van der Waals surface area contributed by atoms with Gasteiger partial charge in [0.25, 0.3) is 0 Å². The lowest BCUT2D eigenvalue weighted by Gasteiger charge is -2.51. The van der Waals surface area contributed by atoms with E-state index in [2.05, 4.69) is 0 Å². The summed E-state index contributed by atoms with van der Waals surface area (Å²) in [5.74, 6) is 0.0688. The van der Waals surface area contributed by atoms with Crippen molar-refractivity contribution >= 4 is 6.09 Å². The van der Waals surface area contributed by atoms with Crippen LogP contribution in [0, 0.1) is 5.82 Å². The first-order valence-corrected chi connectivity index (χ1v) is 9.66. The van der Waals surface area contributed by atoms with Crippen molar-refractivity contribution in [3.63, 3.8) is 0 Å². The Morgan fingerprint density at radius 3 is 2.44 bits per heavy atom. The number of nitrogens with zero attached hydrogens (tertiary/aromatic N) is 1. The highest BCUT2D eigenvalue weighted by Crippen LogP contribution is 2.41. The molecule has 6 heteroatoms. The number of ether oxygens (including phenoxy) is 2. The zero-order valence-corrected chi connectivity index (χ0v) is 16.6. The smallest absolute Gasteiger partial charge is 0.410 e. The van der Waals surface area contributed by atoms with E-state index in [0.29, 0.717) is 30.6 Å². The van der Waals surface area contributed by atoms with Crippen LogP contribution in [-0.4, -0.2) is 46.5 Å². The van der Waals surface area contributed by atoms with Gasteiger partial charge >= 0.3 is 6.09 Å². The Morgan fingerprint density at radius 2 is 1.89 bits per heavy atom. The average molecular weight is 379 g/mol. The second-order valence-corrected chi connectivity index (χ2v) is 8.93. The highest BCUT2D eigenvalue weighted by molar-refractivity contribution is 5.69. The first-order valence-electron chi connectivity index (χ1n) is 9.66. The number of piperidine rings is 2. The maximum absolute atomic E-state index is 13.8. The van der Waals surface area contributed by atoms with Gasteiger partial charge in [-0.15, -0.1) is 0 Å². The summed E-state index contributed by atoms with van der Waals surface area (Å²) in [7, 11) is 1.50. The highest BCUT2D eigenvalue weighted by Gasteiger charge is 2.48. The lowest BCUT2D eigenvalue weighted by Crippen LogP contribution is -2.61. The van der Waals surface area contributed by atoms with Crippen LogP contribution in [0.5, 0.6) is 5.75 Å².